The van der Waals surface area contributed by atoms with Crippen LogP contribution in [-0.2, 0) is 11.8 Å². The Labute approximate surface area is 122 Å². The van der Waals surface area contributed by atoms with Gasteiger partial charge in [-0.25, -0.2) is 9.97 Å². The van der Waals surface area contributed by atoms with Gasteiger partial charge in [0.1, 0.15) is 5.82 Å². The zero-order valence-corrected chi connectivity index (χ0v) is 12.7. The van der Waals surface area contributed by atoms with Gasteiger partial charge in [0.15, 0.2) is 0 Å². The zero-order chi connectivity index (χ0) is 14.4. The van der Waals surface area contributed by atoms with Gasteiger partial charge in [-0.2, -0.15) is 5.26 Å². The van der Waals surface area contributed by atoms with E-state index in [4.69, 9.17) is 0 Å². The number of hydrogen-bond donors (Lipinski definition) is 0. The molecule has 0 atom stereocenters. The Morgan fingerprint density at radius 2 is 1.85 bits per heavy atom. The maximum Gasteiger partial charge on any atom is 0.128 e. The molecule has 0 aliphatic heterocycles. The minimum Gasteiger partial charge on any atom is -0.241 e. The normalized spacial score (nSPS) is 26.1. The summed E-state index contributed by atoms with van der Waals surface area (Å²) in [5.74, 6) is 1.70. The Kier molecular flexibility index (Phi) is 5.11. The molecule has 1 aliphatic carbocycles. The van der Waals surface area contributed by atoms with Gasteiger partial charge in [-0.15, -0.1) is 0 Å². The third-order valence-corrected chi connectivity index (χ3v) is 4.60. The van der Waals surface area contributed by atoms with Gasteiger partial charge in [-0.3, -0.25) is 0 Å². The summed E-state index contributed by atoms with van der Waals surface area (Å²) in [6.45, 7) is 4.37. The smallest absolute Gasteiger partial charge is 0.128 e. The highest BCUT2D eigenvalue weighted by Gasteiger charge is 2.37. The second kappa shape index (κ2) is 6.83. The van der Waals surface area contributed by atoms with Crippen molar-refractivity contribution in [2.75, 3.05) is 0 Å². The van der Waals surface area contributed by atoms with Gasteiger partial charge in [0.05, 0.1) is 11.5 Å². The van der Waals surface area contributed by atoms with Crippen molar-refractivity contribution in [1.29, 1.82) is 5.26 Å². The van der Waals surface area contributed by atoms with Crippen LogP contribution in [-0.4, -0.2) is 9.97 Å². The van der Waals surface area contributed by atoms with Crippen LogP contribution in [0.1, 0.15) is 70.2 Å². The van der Waals surface area contributed by atoms with Crippen LogP contribution < -0.4 is 0 Å². The van der Waals surface area contributed by atoms with Crippen molar-refractivity contribution >= 4 is 0 Å². The van der Waals surface area contributed by atoms with E-state index < -0.39 is 0 Å². The summed E-state index contributed by atoms with van der Waals surface area (Å²) in [7, 11) is 0. The first-order valence-electron chi connectivity index (χ1n) is 7.96. The van der Waals surface area contributed by atoms with Crippen molar-refractivity contribution in [3.63, 3.8) is 0 Å². The molecular formula is C17H25N3. The Hall–Kier alpha value is -1.43. The third kappa shape index (κ3) is 3.17. The average molecular weight is 271 g/mol. The minimum atomic E-state index is -0.338. The summed E-state index contributed by atoms with van der Waals surface area (Å²) >= 11 is 0. The molecule has 1 aliphatic rings. The molecule has 0 amide bonds. The first-order chi connectivity index (χ1) is 9.74. The standard InChI is InChI=1S/C17H25N3/c1-3-5-14-7-9-17(13-18,10-8-14)15-11-19-16(6-4-2)20-12-15/h11-12,14H,3-10H2,1-2H3/t14-,17+. The molecule has 20 heavy (non-hydrogen) atoms. The molecule has 0 aromatic carbocycles. The van der Waals surface area contributed by atoms with Crippen LogP contribution in [0.5, 0.6) is 0 Å². The summed E-state index contributed by atoms with van der Waals surface area (Å²) in [5, 5.41) is 9.68. The fraction of sp³-hybridized carbons (Fsp3) is 0.706. The number of nitriles is 1. The maximum absolute atomic E-state index is 9.68. The zero-order valence-electron chi connectivity index (χ0n) is 12.7. The molecular weight excluding hydrogens is 246 g/mol. The van der Waals surface area contributed by atoms with Crippen molar-refractivity contribution in [3.05, 3.63) is 23.8 Å². The number of aromatic nitrogens is 2. The van der Waals surface area contributed by atoms with Crippen LogP contribution in [0, 0.1) is 17.2 Å². The lowest BCUT2D eigenvalue weighted by Gasteiger charge is -2.34. The van der Waals surface area contributed by atoms with Crippen molar-refractivity contribution in [3.8, 4) is 6.07 Å². The summed E-state index contributed by atoms with van der Waals surface area (Å²) in [5.41, 5.74) is 0.685. The molecule has 0 unspecified atom stereocenters. The molecule has 1 fully saturated rings. The van der Waals surface area contributed by atoms with E-state index in [-0.39, 0.29) is 5.41 Å². The minimum absolute atomic E-state index is 0.338. The number of hydrogen-bond acceptors (Lipinski definition) is 3. The first kappa shape index (κ1) is 15.0. The van der Waals surface area contributed by atoms with Crippen molar-refractivity contribution in [2.24, 2.45) is 5.92 Å². The molecule has 0 spiro atoms. The van der Waals surface area contributed by atoms with Crippen molar-refractivity contribution in [1.82, 2.24) is 9.97 Å². The molecule has 0 radical (unpaired) electrons. The molecule has 3 nitrogen and oxygen atoms in total. The van der Waals surface area contributed by atoms with E-state index in [1.807, 2.05) is 12.4 Å². The Morgan fingerprint density at radius 1 is 1.20 bits per heavy atom. The van der Waals surface area contributed by atoms with Crippen LogP contribution in [0.25, 0.3) is 0 Å². The Morgan fingerprint density at radius 3 is 2.35 bits per heavy atom. The van der Waals surface area contributed by atoms with E-state index in [0.29, 0.717) is 0 Å². The van der Waals surface area contributed by atoms with E-state index in [9.17, 15) is 5.26 Å². The van der Waals surface area contributed by atoms with Gasteiger partial charge in [-0.1, -0.05) is 26.7 Å². The predicted octanol–water partition coefficient (Wildman–Crippen LogP) is 4.18. The van der Waals surface area contributed by atoms with Crippen LogP contribution >= 0.6 is 0 Å². The fourth-order valence-corrected chi connectivity index (χ4v) is 3.29. The highest BCUT2D eigenvalue weighted by atomic mass is 14.9. The van der Waals surface area contributed by atoms with Crippen LogP contribution in [0.3, 0.4) is 0 Å². The lowest BCUT2D eigenvalue weighted by atomic mass is 9.67. The van der Waals surface area contributed by atoms with Gasteiger partial charge < -0.3 is 0 Å². The molecule has 0 N–H and O–H groups in total. The summed E-state index contributed by atoms with van der Waals surface area (Å²) in [6, 6.07) is 2.57. The Balaban J connectivity index is 2.10. The van der Waals surface area contributed by atoms with Crippen LogP contribution in [0.15, 0.2) is 12.4 Å². The molecule has 1 saturated carbocycles. The second-order valence-electron chi connectivity index (χ2n) is 6.06. The van der Waals surface area contributed by atoms with E-state index in [1.165, 1.54) is 12.8 Å². The molecule has 108 valence electrons. The molecule has 1 aromatic heterocycles. The van der Waals surface area contributed by atoms with Gasteiger partial charge >= 0.3 is 0 Å². The molecule has 1 heterocycles. The first-order valence-corrected chi connectivity index (χ1v) is 7.96. The molecule has 1 aromatic rings. The monoisotopic (exact) mass is 271 g/mol. The van der Waals surface area contributed by atoms with E-state index in [0.717, 1.165) is 55.8 Å². The van der Waals surface area contributed by atoms with Crippen LogP contribution in [0.2, 0.25) is 0 Å². The highest BCUT2D eigenvalue weighted by Crippen LogP contribution is 2.42. The lowest BCUT2D eigenvalue weighted by Crippen LogP contribution is -2.30. The third-order valence-electron chi connectivity index (χ3n) is 4.60. The van der Waals surface area contributed by atoms with E-state index in [1.54, 1.807) is 0 Å². The van der Waals surface area contributed by atoms with E-state index in [2.05, 4.69) is 29.9 Å². The van der Waals surface area contributed by atoms with Gasteiger partial charge in [0.2, 0.25) is 0 Å². The average Bonchev–Trinajstić information content (AvgIpc) is 2.50. The summed E-state index contributed by atoms with van der Waals surface area (Å²) < 4.78 is 0. The fourth-order valence-electron chi connectivity index (χ4n) is 3.29. The van der Waals surface area contributed by atoms with Crippen molar-refractivity contribution in [2.45, 2.75) is 70.6 Å². The summed E-state index contributed by atoms with van der Waals surface area (Å²) in [6.07, 6.45) is 12.6. The number of nitrogens with zero attached hydrogens (tertiary/aromatic N) is 3. The predicted molar refractivity (Wildman–Crippen MR) is 80.2 cm³/mol. The topological polar surface area (TPSA) is 49.6 Å². The maximum atomic E-state index is 9.68. The Bertz CT molecular complexity index is 450. The number of rotatable bonds is 5. The SMILES string of the molecule is CCCc1ncc([C@]2(C#N)CC[C@H](CCC)CC2)cn1. The molecule has 3 heteroatoms. The highest BCUT2D eigenvalue weighted by molar-refractivity contribution is 5.29. The molecule has 0 bridgehead atoms. The van der Waals surface area contributed by atoms with Gasteiger partial charge in [-0.05, 0) is 38.0 Å². The van der Waals surface area contributed by atoms with Crippen molar-refractivity contribution < 1.29 is 0 Å². The van der Waals surface area contributed by atoms with Crippen LogP contribution in [0.4, 0.5) is 0 Å². The summed E-state index contributed by atoms with van der Waals surface area (Å²) in [4.78, 5) is 8.86. The largest absolute Gasteiger partial charge is 0.241 e. The lowest BCUT2D eigenvalue weighted by molar-refractivity contribution is 0.264. The molecule has 2 rings (SSSR count). The number of aryl methyl sites for hydroxylation is 1. The van der Waals surface area contributed by atoms with E-state index >= 15 is 0 Å². The van der Waals surface area contributed by atoms with Gasteiger partial charge in [0, 0.05) is 24.4 Å². The quantitative estimate of drug-likeness (QED) is 0.807. The molecule has 0 saturated heterocycles. The second-order valence-corrected chi connectivity index (χ2v) is 6.06. The van der Waals surface area contributed by atoms with Gasteiger partial charge in [0.25, 0.3) is 0 Å².